The Kier molecular flexibility index (Phi) is 5.22. The standard InChI is InChI=1S/C14H21ClN4O2/c1-3-6-16-13(20)9(2)18-12-11(15)7-17-19(14(12)21)8-10-4-5-10/h7,9-10,18H,3-6,8H2,1-2H3,(H,16,20). The molecule has 2 rings (SSSR count). The number of amides is 1. The summed E-state index contributed by atoms with van der Waals surface area (Å²) in [6, 6.07) is -0.529. The molecule has 7 heteroatoms. The number of hydrogen-bond donors (Lipinski definition) is 2. The van der Waals surface area contributed by atoms with Crippen LogP contribution >= 0.6 is 11.6 Å². The number of aromatic nitrogens is 2. The minimum Gasteiger partial charge on any atom is -0.368 e. The third-order valence-corrected chi connectivity index (χ3v) is 3.72. The van der Waals surface area contributed by atoms with Crippen molar-refractivity contribution in [2.75, 3.05) is 11.9 Å². The zero-order valence-electron chi connectivity index (χ0n) is 12.4. The Balaban J connectivity index is 2.10. The van der Waals surface area contributed by atoms with Crippen LogP contribution in [0.25, 0.3) is 0 Å². The van der Waals surface area contributed by atoms with Gasteiger partial charge in [0.15, 0.2) is 0 Å². The van der Waals surface area contributed by atoms with Crippen LogP contribution in [0.5, 0.6) is 0 Å². The molecule has 1 atom stereocenters. The molecule has 6 nitrogen and oxygen atoms in total. The fraction of sp³-hybridized carbons (Fsp3) is 0.643. The zero-order valence-corrected chi connectivity index (χ0v) is 13.1. The second kappa shape index (κ2) is 6.93. The van der Waals surface area contributed by atoms with Gasteiger partial charge in [-0.25, -0.2) is 4.68 Å². The maximum absolute atomic E-state index is 12.3. The quantitative estimate of drug-likeness (QED) is 0.802. The van der Waals surface area contributed by atoms with Gasteiger partial charge in [0.2, 0.25) is 5.91 Å². The average Bonchev–Trinajstić information content (AvgIpc) is 3.27. The first-order valence-corrected chi connectivity index (χ1v) is 7.70. The van der Waals surface area contributed by atoms with Gasteiger partial charge in [0.25, 0.3) is 5.56 Å². The SMILES string of the molecule is CCCNC(=O)C(C)Nc1c(Cl)cnn(CC2CC2)c1=O. The highest BCUT2D eigenvalue weighted by Gasteiger charge is 2.24. The molecule has 1 aromatic rings. The first kappa shape index (κ1) is 15.8. The van der Waals surface area contributed by atoms with Crippen LogP contribution in [-0.4, -0.2) is 28.3 Å². The first-order chi connectivity index (χ1) is 10.0. The van der Waals surface area contributed by atoms with Gasteiger partial charge < -0.3 is 10.6 Å². The van der Waals surface area contributed by atoms with Gasteiger partial charge in [0.05, 0.1) is 11.2 Å². The predicted molar refractivity (Wildman–Crippen MR) is 82.6 cm³/mol. The van der Waals surface area contributed by atoms with E-state index in [1.165, 1.54) is 10.9 Å². The van der Waals surface area contributed by atoms with E-state index in [1.807, 2.05) is 6.92 Å². The van der Waals surface area contributed by atoms with E-state index in [-0.39, 0.29) is 22.2 Å². The van der Waals surface area contributed by atoms with Crippen molar-refractivity contribution in [3.05, 3.63) is 21.6 Å². The van der Waals surface area contributed by atoms with Gasteiger partial charge in [-0.05, 0) is 32.1 Å². The van der Waals surface area contributed by atoms with Gasteiger partial charge in [-0.1, -0.05) is 18.5 Å². The second-order valence-corrected chi connectivity index (χ2v) is 5.86. The summed E-state index contributed by atoms with van der Waals surface area (Å²) in [5.74, 6) is 0.382. The monoisotopic (exact) mass is 312 g/mol. The number of nitrogens with one attached hydrogen (secondary N) is 2. The molecule has 1 aliphatic carbocycles. The van der Waals surface area contributed by atoms with Crippen LogP contribution in [-0.2, 0) is 11.3 Å². The molecule has 21 heavy (non-hydrogen) atoms. The van der Waals surface area contributed by atoms with Crippen LogP contribution in [0.4, 0.5) is 5.69 Å². The van der Waals surface area contributed by atoms with E-state index < -0.39 is 6.04 Å². The maximum Gasteiger partial charge on any atom is 0.291 e. The number of carbonyl (C=O) groups excluding carboxylic acids is 1. The number of carbonyl (C=O) groups is 1. The van der Waals surface area contributed by atoms with Gasteiger partial charge in [-0.2, -0.15) is 5.10 Å². The number of anilines is 1. The summed E-state index contributed by atoms with van der Waals surface area (Å²) in [5, 5.41) is 9.97. The zero-order chi connectivity index (χ0) is 15.4. The highest BCUT2D eigenvalue weighted by Crippen LogP contribution is 2.30. The molecule has 0 spiro atoms. The van der Waals surface area contributed by atoms with Gasteiger partial charge in [-0.15, -0.1) is 0 Å². The van der Waals surface area contributed by atoms with Crippen LogP contribution in [0.3, 0.4) is 0 Å². The minimum atomic E-state index is -0.529. The van der Waals surface area contributed by atoms with Gasteiger partial charge in [0.1, 0.15) is 11.7 Å². The first-order valence-electron chi connectivity index (χ1n) is 7.32. The Morgan fingerprint density at radius 3 is 2.90 bits per heavy atom. The Morgan fingerprint density at radius 2 is 2.29 bits per heavy atom. The maximum atomic E-state index is 12.3. The van der Waals surface area contributed by atoms with E-state index in [0.29, 0.717) is 19.0 Å². The molecule has 2 N–H and O–H groups in total. The molecule has 1 amide bonds. The highest BCUT2D eigenvalue weighted by atomic mass is 35.5. The smallest absolute Gasteiger partial charge is 0.291 e. The van der Waals surface area contributed by atoms with Crippen LogP contribution in [0.1, 0.15) is 33.1 Å². The Bertz CT molecular complexity index is 569. The topological polar surface area (TPSA) is 76.0 Å². The summed E-state index contributed by atoms with van der Waals surface area (Å²) in [7, 11) is 0. The summed E-state index contributed by atoms with van der Waals surface area (Å²) in [4.78, 5) is 24.2. The van der Waals surface area contributed by atoms with E-state index in [4.69, 9.17) is 11.6 Å². The third-order valence-electron chi connectivity index (χ3n) is 3.43. The normalized spacial score (nSPS) is 15.6. The third kappa shape index (κ3) is 4.20. The fourth-order valence-corrected chi connectivity index (χ4v) is 2.14. The van der Waals surface area contributed by atoms with Crippen LogP contribution < -0.4 is 16.2 Å². The molecule has 0 aliphatic heterocycles. The molecule has 1 aromatic heterocycles. The van der Waals surface area contributed by atoms with Crippen LogP contribution in [0.15, 0.2) is 11.0 Å². The molecule has 0 aromatic carbocycles. The molecule has 1 fully saturated rings. The van der Waals surface area contributed by atoms with Crippen LogP contribution in [0, 0.1) is 5.92 Å². The van der Waals surface area contributed by atoms with Crippen molar-refractivity contribution in [1.82, 2.24) is 15.1 Å². The lowest BCUT2D eigenvalue weighted by atomic mass is 10.3. The summed E-state index contributed by atoms with van der Waals surface area (Å²) in [5.41, 5.74) is -0.0315. The number of nitrogens with zero attached hydrogens (tertiary/aromatic N) is 2. The molecular weight excluding hydrogens is 292 g/mol. The minimum absolute atomic E-state index is 0.155. The molecular formula is C14H21ClN4O2. The predicted octanol–water partition coefficient (Wildman–Crippen LogP) is 1.63. The number of halogens is 1. The number of hydrogen-bond acceptors (Lipinski definition) is 4. The van der Waals surface area contributed by atoms with Gasteiger partial charge >= 0.3 is 0 Å². The van der Waals surface area contributed by atoms with E-state index in [2.05, 4.69) is 15.7 Å². The molecule has 1 aliphatic rings. The molecule has 0 bridgehead atoms. The largest absolute Gasteiger partial charge is 0.368 e. The molecule has 0 saturated heterocycles. The van der Waals surface area contributed by atoms with Gasteiger partial charge in [0, 0.05) is 13.1 Å². The summed E-state index contributed by atoms with van der Waals surface area (Å²) < 4.78 is 1.42. The Labute approximate surface area is 128 Å². The van der Waals surface area contributed by atoms with Crippen molar-refractivity contribution in [3.8, 4) is 0 Å². The summed E-state index contributed by atoms with van der Waals surface area (Å²) >= 11 is 6.04. The molecule has 0 radical (unpaired) electrons. The van der Waals surface area contributed by atoms with Crippen molar-refractivity contribution in [3.63, 3.8) is 0 Å². The van der Waals surface area contributed by atoms with Crippen molar-refractivity contribution in [2.24, 2.45) is 5.92 Å². The molecule has 1 heterocycles. The molecule has 1 saturated carbocycles. The van der Waals surface area contributed by atoms with E-state index >= 15 is 0 Å². The van der Waals surface area contributed by atoms with Crippen molar-refractivity contribution in [1.29, 1.82) is 0 Å². The lowest BCUT2D eigenvalue weighted by Crippen LogP contribution is -2.40. The lowest BCUT2D eigenvalue weighted by Gasteiger charge is -2.16. The average molecular weight is 313 g/mol. The van der Waals surface area contributed by atoms with E-state index in [0.717, 1.165) is 19.3 Å². The van der Waals surface area contributed by atoms with Crippen molar-refractivity contribution >= 4 is 23.2 Å². The number of rotatable bonds is 7. The molecule has 116 valence electrons. The highest BCUT2D eigenvalue weighted by molar-refractivity contribution is 6.33. The Morgan fingerprint density at radius 1 is 1.57 bits per heavy atom. The lowest BCUT2D eigenvalue weighted by molar-refractivity contribution is -0.121. The second-order valence-electron chi connectivity index (χ2n) is 5.46. The molecule has 1 unspecified atom stereocenters. The summed E-state index contributed by atoms with van der Waals surface area (Å²) in [6.07, 6.45) is 4.58. The van der Waals surface area contributed by atoms with E-state index in [9.17, 15) is 9.59 Å². The summed E-state index contributed by atoms with van der Waals surface area (Å²) in [6.45, 7) is 4.91. The van der Waals surface area contributed by atoms with Gasteiger partial charge in [-0.3, -0.25) is 9.59 Å². The fourth-order valence-electron chi connectivity index (χ4n) is 1.96. The van der Waals surface area contributed by atoms with E-state index in [1.54, 1.807) is 6.92 Å². The van der Waals surface area contributed by atoms with Crippen molar-refractivity contribution < 1.29 is 4.79 Å². The van der Waals surface area contributed by atoms with Crippen molar-refractivity contribution in [2.45, 2.75) is 45.7 Å². The van der Waals surface area contributed by atoms with Crippen LogP contribution in [0.2, 0.25) is 5.02 Å². The Hall–Kier alpha value is -1.56.